The lowest BCUT2D eigenvalue weighted by molar-refractivity contribution is -0.128. The number of ketones is 1. The van der Waals surface area contributed by atoms with E-state index < -0.39 is 11.7 Å². The summed E-state index contributed by atoms with van der Waals surface area (Å²) in [5, 5.41) is 0. The molecule has 0 spiro atoms. The van der Waals surface area contributed by atoms with E-state index in [1.54, 1.807) is 66.7 Å². The number of rotatable bonds is 8. The maximum Gasteiger partial charge on any atom is 0.295 e. The lowest BCUT2D eigenvalue weighted by atomic mass is 10.0. The highest BCUT2D eigenvalue weighted by Gasteiger charge is 2.28. The van der Waals surface area contributed by atoms with Crippen LogP contribution in [-0.2, 0) is 4.79 Å². The normalized spacial score (nSPS) is 11.6. The number of hydrogen-bond acceptors (Lipinski definition) is 5. The van der Waals surface area contributed by atoms with Crippen LogP contribution in [-0.4, -0.2) is 58.6 Å². The van der Waals surface area contributed by atoms with E-state index in [1.165, 1.54) is 11.3 Å². The Hall–Kier alpha value is -3.74. The zero-order valence-corrected chi connectivity index (χ0v) is 17.8. The molecule has 2 aromatic carbocycles. The van der Waals surface area contributed by atoms with Gasteiger partial charge < -0.3 is 14.2 Å². The number of carbonyl (C=O) groups excluding carboxylic acids is 3. The Bertz CT molecular complexity index is 1050. The standard InChI is InChI=1S/C24H25N3O4/c1-4-27(17(2)15-26(3)23(29)18-9-6-5-7-10-18)24(30)22(28)20-12-8-11-19(13-20)21-14-25-16-31-21/h5-14,16-17H,4,15H2,1-3H3/t17-/m1/s1. The summed E-state index contributed by atoms with van der Waals surface area (Å²) in [6.45, 7) is 4.29. The monoisotopic (exact) mass is 419 g/mol. The third-order valence-electron chi connectivity index (χ3n) is 5.07. The fourth-order valence-corrected chi connectivity index (χ4v) is 3.46. The molecule has 2 amide bonds. The van der Waals surface area contributed by atoms with Gasteiger partial charge in [0.25, 0.3) is 11.8 Å². The number of hydrogen-bond donors (Lipinski definition) is 0. The first-order valence-corrected chi connectivity index (χ1v) is 10.1. The largest absolute Gasteiger partial charge is 0.444 e. The molecule has 160 valence electrons. The molecular weight excluding hydrogens is 394 g/mol. The van der Waals surface area contributed by atoms with E-state index in [9.17, 15) is 14.4 Å². The summed E-state index contributed by atoms with van der Waals surface area (Å²) in [7, 11) is 1.69. The second-order valence-corrected chi connectivity index (χ2v) is 7.27. The van der Waals surface area contributed by atoms with Gasteiger partial charge in [-0.05, 0) is 32.0 Å². The predicted molar refractivity (Wildman–Crippen MR) is 117 cm³/mol. The highest BCUT2D eigenvalue weighted by Crippen LogP contribution is 2.20. The van der Waals surface area contributed by atoms with Gasteiger partial charge in [-0.1, -0.05) is 36.4 Å². The van der Waals surface area contributed by atoms with Crippen LogP contribution in [0.1, 0.15) is 34.6 Å². The molecule has 0 unspecified atom stereocenters. The van der Waals surface area contributed by atoms with Gasteiger partial charge >= 0.3 is 0 Å². The molecule has 0 aliphatic heterocycles. The molecule has 3 rings (SSSR count). The Morgan fingerprint density at radius 2 is 1.74 bits per heavy atom. The highest BCUT2D eigenvalue weighted by molar-refractivity contribution is 6.42. The molecule has 1 aromatic heterocycles. The lowest BCUT2D eigenvalue weighted by Gasteiger charge is -2.31. The summed E-state index contributed by atoms with van der Waals surface area (Å²) in [4.78, 5) is 45.4. The van der Waals surface area contributed by atoms with E-state index in [0.29, 0.717) is 30.0 Å². The average molecular weight is 419 g/mol. The first kappa shape index (κ1) is 22.0. The molecule has 0 bridgehead atoms. The van der Waals surface area contributed by atoms with Crippen LogP contribution in [0.5, 0.6) is 0 Å². The van der Waals surface area contributed by atoms with Gasteiger partial charge in [0, 0.05) is 42.9 Å². The first-order chi connectivity index (χ1) is 14.9. The van der Waals surface area contributed by atoms with E-state index >= 15 is 0 Å². The average Bonchev–Trinajstić information content (AvgIpc) is 3.34. The Balaban J connectivity index is 1.71. The van der Waals surface area contributed by atoms with E-state index in [4.69, 9.17) is 4.42 Å². The second kappa shape index (κ2) is 9.84. The maximum atomic E-state index is 13.0. The molecule has 3 aromatic rings. The minimum absolute atomic E-state index is 0.137. The van der Waals surface area contributed by atoms with Crippen LogP contribution in [0.2, 0.25) is 0 Å². The molecule has 0 aliphatic carbocycles. The number of amides is 2. The molecule has 0 saturated heterocycles. The molecule has 0 aliphatic rings. The van der Waals surface area contributed by atoms with Crippen molar-refractivity contribution < 1.29 is 18.8 Å². The Kier molecular flexibility index (Phi) is 6.97. The van der Waals surface area contributed by atoms with Gasteiger partial charge in [-0.15, -0.1) is 0 Å². The minimum Gasteiger partial charge on any atom is -0.444 e. The number of oxazole rings is 1. The van der Waals surface area contributed by atoms with Crippen LogP contribution in [0.4, 0.5) is 0 Å². The molecular formula is C24H25N3O4. The Morgan fingerprint density at radius 3 is 2.39 bits per heavy atom. The fraction of sp³-hybridized carbons (Fsp3) is 0.250. The van der Waals surface area contributed by atoms with Crippen molar-refractivity contribution in [1.82, 2.24) is 14.8 Å². The number of nitrogens with zero attached hydrogens (tertiary/aromatic N) is 3. The zero-order chi connectivity index (χ0) is 22.4. The highest BCUT2D eigenvalue weighted by atomic mass is 16.3. The molecule has 0 N–H and O–H groups in total. The number of aromatic nitrogens is 1. The van der Waals surface area contributed by atoms with Crippen molar-refractivity contribution in [1.29, 1.82) is 0 Å². The van der Waals surface area contributed by atoms with Gasteiger partial charge in [-0.25, -0.2) is 4.98 Å². The van der Waals surface area contributed by atoms with Crippen molar-refractivity contribution in [3.8, 4) is 11.3 Å². The van der Waals surface area contributed by atoms with Crippen LogP contribution in [0.15, 0.2) is 71.6 Å². The number of carbonyl (C=O) groups is 3. The third-order valence-corrected chi connectivity index (χ3v) is 5.07. The second-order valence-electron chi connectivity index (χ2n) is 7.27. The van der Waals surface area contributed by atoms with Crippen molar-refractivity contribution in [2.75, 3.05) is 20.1 Å². The quantitative estimate of drug-likeness (QED) is 0.412. The van der Waals surface area contributed by atoms with Crippen molar-refractivity contribution >= 4 is 17.6 Å². The van der Waals surface area contributed by atoms with Gasteiger partial charge in [-0.2, -0.15) is 0 Å². The van der Waals surface area contributed by atoms with Crippen molar-refractivity contribution in [3.05, 3.63) is 78.3 Å². The Labute approximate surface area is 181 Å². The van der Waals surface area contributed by atoms with Crippen LogP contribution in [0, 0.1) is 0 Å². The predicted octanol–water partition coefficient (Wildman–Crippen LogP) is 3.53. The minimum atomic E-state index is -0.606. The summed E-state index contributed by atoms with van der Waals surface area (Å²) in [5.41, 5.74) is 1.52. The topological polar surface area (TPSA) is 83.7 Å². The molecule has 1 atom stereocenters. The summed E-state index contributed by atoms with van der Waals surface area (Å²) >= 11 is 0. The molecule has 0 radical (unpaired) electrons. The van der Waals surface area contributed by atoms with Crippen LogP contribution in [0.3, 0.4) is 0 Å². The molecule has 1 heterocycles. The molecule has 0 saturated carbocycles. The smallest absolute Gasteiger partial charge is 0.295 e. The van der Waals surface area contributed by atoms with Gasteiger partial charge in [0.15, 0.2) is 12.2 Å². The van der Waals surface area contributed by atoms with Crippen LogP contribution >= 0.6 is 0 Å². The Morgan fingerprint density at radius 1 is 1.03 bits per heavy atom. The van der Waals surface area contributed by atoms with Gasteiger partial charge in [0.05, 0.1) is 6.20 Å². The van der Waals surface area contributed by atoms with Gasteiger partial charge in [0.2, 0.25) is 5.78 Å². The van der Waals surface area contributed by atoms with Gasteiger partial charge in [-0.3, -0.25) is 14.4 Å². The number of likely N-dealkylation sites (N-methyl/N-ethyl adjacent to an activating group) is 2. The summed E-state index contributed by atoms with van der Waals surface area (Å²) in [5.74, 6) is -0.830. The van der Waals surface area contributed by atoms with Crippen molar-refractivity contribution in [3.63, 3.8) is 0 Å². The first-order valence-electron chi connectivity index (χ1n) is 10.1. The SMILES string of the molecule is CCN(C(=O)C(=O)c1cccc(-c2cnco2)c1)[C@H](C)CN(C)C(=O)c1ccccc1. The van der Waals surface area contributed by atoms with E-state index in [1.807, 2.05) is 19.9 Å². The molecule has 7 heteroatoms. The summed E-state index contributed by atoms with van der Waals surface area (Å²) in [6.07, 6.45) is 2.86. The van der Waals surface area contributed by atoms with Gasteiger partial charge in [0.1, 0.15) is 0 Å². The van der Waals surface area contributed by atoms with E-state index in [-0.39, 0.29) is 17.5 Å². The molecule has 7 nitrogen and oxygen atoms in total. The van der Waals surface area contributed by atoms with E-state index in [2.05, 4.69) is 4.98 Å². The van der Waals surface area contributed by atoms with Crippen LogP contribution in [0.25, 0.3) is 11.3 Å². The van der Waals surface area contributed by atoms with Crippen molar-refractivity contribution in [2.24, 2.45) is 0 Å². The molecule has 31 heavy (non-hydrogen) atoms. The van der Waals surface area contributed by atoms with Crippen LogP contribution < -0.4 is 0 Å². The zero-order valence-electron chi connectivity index (χ0n) is 17.8. The lowest BCUT2D eigenvalue weighted by Crippen LogP contribution is -2.48. The summed E-state index contributed by atoms with van der Waals surface area (Å²) < 4.78 is 5.27. The maximum absolute atomic E-state index is 13.0. The molecule has 0 fully saturated rings. The van der Waals surface area contributed by atoms with Crippen molar-refractivity contribution in [2.45, 2.75) is 19.9 Å². The number of Topliss-reactive ketones (excluding diaryl/α,β-unsaturated/α-hetero) is 1. The fourth-order valence-electron chi connectivity index (χ4n) is 3.46. The number of benzene rings is 2. The summed E-state index contributed by atoms with van der Waals surface area (Å²) in [6, 6.07) is 15.3. The van der Waals surface area contributed by atoms with E-state index in [0.717, 1.165) is 0 Å². The third kappa shape index (κ3) is 5.06.